The van der Waals surface area contributed by atoms with Crippen molar-refractivity contribution in [3.05, 3.63) is 0 Å². The number of ether oxygens (including phenoxy) is 2. The average molecular weight is 351 g/mol. The van der Waals surface area contributed by atoms with Crippen molar-refractivity contribution in [2.45, 2.75) is 73.0 Å². The Hall–Kier alpha value is 0.719. The predicted molar refractivity (Wildman–Crippen MR) is 78.4 cm³/mol. The fraction of sp³-hybridized carbons (Fsp3) is 1.00. The van der Waals surface area contributed by atoms with Gasteiger partial charge in [0.2, 0.25) is 0 Å². The molecular formula is C14H32O2Sn. The van der Waals surface area contributed by atoms with E-state index in [1.165, 1.54) is 23.7 Å². The minimum atomic E-state index is -1.01. The first-order chi connectivity index (χ1) is 8.20. The second-order valence-corrected chi connectivity index (χ2v) is 14.8. The number of unbranched alkanes of at least 4 members (excludes halogenated alkanes) is 2. The molecule has 0 radical (unpaired) electrons. The van der Waals surface area contributed by atoms with Gasteiger partial charge in [-0.3, -0.25) is 0 Å². The van der Waals surface area contributed by atoms with E-state index in [1.54, 1.807) is 0 Å². The van der Waals surface area contributed by atoms with Crippen LogP contribution < -0.4 is 0 Å². The van der Waals surface area contributed by atoms with Gasteiger partial charge in [0.1, 0.15) is 0 Å². The second kappa shape index (κ2) is 13.2. The molecule has 0 saturated heterocycles. The van der Waals surface area contributed by atoms with E-state index >= 15 is 0 Å². The van der Waals surface area contributed by atoms with Gasteiger partial charge in [0.15, 0.2) is 0 Å². The molecule has 0 N–H and O–H groups in total. The summed E-state index contributed by atoms with van der Waals surface area (Å²) >= 11 is -1.01. The third kappa shape index (κ3) is 13.0. The molecule has 0 heterocycles. The van der Waals surface area contributed by atoms with Crippen LogP contribution in [0, 0.1) is 0 Å². The van der Waals surface area contributed by atoms with Crippen LogP contribution in [-0.4, -0.2) is 39.3 Å². The number of rotatable bonds is 12. The maximum absolute atomic E-state index is 5.81. The van der Waals surface area contributed by atoms with Crippen LogP contribution in [-0.2, 0) is 9.47 Å². The maximum atomic E-state index is 5.81. The molecule has 0 aromatic rings. The van der Waals surface area contributed by atoms with Gasteiger partial charge >= 0.3 is 115 Å². The Balaban J connectivity index is 3.67. The fourth-order valence-electron chi connectivity index (χ4n) is 1.63. The van der Waals surface area contributed by atoms with Gasteiger partial charge in [-0.25, -0.2) is 0 Å². The van der Waals surface area contributed by atoms with Crippen LogP contribution in [0.25, 0.3) is 0 Å². The zero-order valence-corrected chi connectivity index (χ0v) is 15.6. The first-order valence-electron chi connectivity index (χ1n) is 7.43. The summed E-state index contributed by atoms with van der Waals surface area (Å²) in [6.07, 6.45) is 7.17. The summed E-state index contributed by atoms with van der Waals surface area (Å²) in [6.45, 7) is 6.11. The van der Waals surface area contributed by atoms with E-state index in [0.717, 1.165) is 32.5 Å². The molecule has 0 unspecified atom stereocenters. The van der Waals surface area contributed by atoms with E-state index < -0.39 is 19.8 Å². The van der Waals surface area contributed by atoms with Gasteiger partial charge in [0, 0.05) is 0 Å². The van der Waals surface area contributed by atoms with Crippen molar-refractivity contribution in [3.63, 3.8) is 0 Å². The molecule has 0 amide bonds. The molecule has 104 valence electrons. The fourth-order valence-corrected chi connectivity index (χ4v) is 4.63. The summed E-state index contributed by atoms with van der Waals surface area (Å²) in [5.41, 5.74) is 0. The SMILES string of the molecule is CCCCOC(CC[CH2][SnH]([CH3])[CH3])OCCCC. The Morgan fingerprint density at radius 3 is 1.82 bits per heavy atom. The van der Waals surface area contributed by atoms with E-state index in [4.69, 9.17) is 9.47 Å². The van der Waals surface area contributed by atoms with E-state index in [-0.39, 0.29) is 6.29 Å². The molecule has 0 atom stereocenters. The summed E-state index contributed by atoms with van der Waals surface area (Å²) in [7, 11) is 0. The summed E-state index contributed by atoms with van der Waals surface area (Å²) in [4.78, 5) is 4.96. The van der Waals surface area contributed by atoms with Gasteiger partial charge in [-0.2, -0.15) is 0 Å². The Bertz CT molecular complexity index is 141. The summed E-state index contributed by atoms with van der Waals surface area (Å²) < 4.78 is 13.1. The molecule has 0 spiro atoms. The zero-order chi connectivity index (χ0) is 12.9. The number of hydrogen-bond donors (Lipinski definition) is 0. The molecule has 0 aliphatic carbocycles. The van der Waals surface area contributed by atoms with E-state index in [1.807, 2.05) is 0 Å². The van der Waals surface area contributed by atoms with Crippen LogP contribution in [0.1, 0.15) is 52.4 Å². The standard InChI is InChI=1S/C12H25O2.2CH3.Sn.H/c1-4-7-10-13-12(9-6-3)14-11-8-5-2;;;;/h12H,3-11H2,1-2H3;2*1H3;;. The van der Waals surface area contributed by atoms with Crippen LogP contribution in [0.2, 0.25) is 14.3 Å². The normalized spacial score (nSPS) is 11.6. The van der Waals surface area contributed by atoms with Crippen LogP contribution in [0.4, 0.5) is 0 Å². The van der Waals surface area contributed by atoms with Crippen molar-refractivity contribution >= 4 is 19.8 Å². The molecule has 0 rings (SSSR count). The Morgan fingerprint density at radius 1 is 0.882 bits per heavy atom. The van der Waals surface area contributed by atoms with E-state index in [0.29, 0.717) is 0 Å². The van der Waals surface area contributed by atoms with Gasteiger partial charge in [-0.1, -0.05) is 0 Å². The van der Waals surface area contributed by atoms with Gasteiger partial charge < -0.3 is 0 Å². The third-order valence-electron chi connectivity index (χ3n) is 2.82. The van der Waals surface area contributed by atoms with Gasteiger partial charge in [-0.15, -0.1) is 0 Å². The molecule has 0 aliphatic heterocycles. The van der Waals surface area contributed by atoms with E-state index in [9.17, 15) is 0 Å². The summed E-state index contributed by atoms with van der Waals surface area (Å²) in [6, 6.07) is 0. The first-order valence-corrected chi connectivity index (χ1v) is 16.4. The monoisotopic (exact) mass is 352 g/mol. The quantitative estimate of drug-likeness (QED) is 0.298. The van der Waals surface area contributed by atoms with E-state index in [2.05, 4.69) is 23.7 Å². The van der Waals surface area contributed by atoms with Crippen molar-refractivity contribution in [3.8, 4) is 0 Å². The molecule has 0 aromatic heterocycles. The van der Waals surface area contributed by atoms with Crippen molar-refractivity contribution < 1.29 is 9.47 Å². The van der Waals surface area contributed by atoms with Crippen molar-refractivity contribution in [2.24, 2.45) is 0 Å². The summed E-state index contributed by atoms with van der Waals surface area (Å²) in [5.74, 6) is 0. The predicted octanol–water partition coefficient (Wildman–Crippen LogP) is 4.21. The third-order valence-corrected chi connectivity index (χ3v) is 7.29. The van der Waals surface area contributed by atoms with Crippen LogP contribution in [0.15, 0.2) is 0 Å². The Labute approximate surface area is 115 Å². The van der Waals surface area contributed by atoms with Crippen LogP contribution in [0.3, 0.4) is 0 Å². The topological polar surface area (TPSA) is 18.5 Å². The van der Waals surface area contributed by atoms with Crippen LogP contribution in [0.5, 0.6) is 0 Å². The molecule has 0 fully saturated rings. The van der Waals surface area contributed by atoms with Crippen molar-refractivity contribution in [2.75, 3.05) is 13.2 Å². The molecule has 0 saturated carbocycles. The van der Waals surface area contributed by atoms with Gasteiger partial charge in [-0.05, 0) is 0 Å². The van der Waals surface area contributed by atoms with Gasteiger partial charge in [0.25, 0.3) is 0 Å². The molecule has 3 heteroatoms. The molecule has 0 aromatic carbocycles. The van der Waals surface area contributed by atoms with Crippen molar-refractivity contribution in [1.29, 1.82) is 0 Å². The minimum absolute atomic E-state index is 0.0677. The first kappa shape index (κ1) is 17.7. The van der Waals surface area contributed by atoms with Crippen molar-refractivity contribution in [1.82, 2.24) is 0 Å². The zero-order valence-electron chi connectivity index (χ0n) is 12.3. The average Bonchev–Trinajstić information content (AvgIpc) is 2.28. The molecule has 2 nitrogen and oxygen atoms in total. The number of hydrogen-bond acceptors (Lipinski definition) is 2. The molecule has 0 aliphatic rings. The molecule has 17 heavy (non-hydrogen) atoms. The summed E-state index contributed by atoms with van der Waals surface area (Å²) in [5, 5.41) is 0. The molecule has 0 bridgehead atoms. The Morgan fingerprint density at radius 2 is 1.41 bits per heavy atom. The van der Waals surface area contributed by atoms with Crippen LogP contribution >= 0.6 is 0 Å². The Kier molecular flexibility index (Phi) is 13.7. The second-order valence-electron chi connectivity index (χ2n) is 5.20. The molecular weight excluding hydrogens is 319 g/mol. The van der Waals surface area contributed by atoms with Gasteiger partial charge in [0.05, 0.1) is 0 Å².